The lowest BCUT2D eigenvalue weighted by atomic mass is 10.0. The first-order valence-corrected chi connectivity index (χ1v) is 7.54. The Kier molecular flexibility index (Phi) is 4.70. The number of hydrogen-bond donors (Lipinski definition) is 1. The highest BCUT2D eigenvalue weighted by Crippen LogP contribution is 2.25. The van der Waals surface area contributed by atoms with Crippen LogP contribution in [0.5, 0.6) is 0 Å². The Morgan fingerprint density at radius 3 is 2.62 bits per heavy atom. The number of furan rings is 1. The lowest BCUT2D eigenvalue weighted by Gasteiger charge is -2.29. The molecule has 0 aliphatic carbocycles. The van der Waals surface area contributed by atoms with E-state index in [-0.39, 0.29) is 17.9 Å². The van der Waals surface area contributed by atoms with Gasteiger partial charge in [-0.2, -0.15) is 0 Å². The third kappa shape index (κ3) is 3.65. The lowest BCUT2D eigenvalue weighted by Crippen LogP contribution is -2.46. The molecule has 1 saturated heterocycles. The lowest BCUT2D eigenvalue weighted by molar-refractivity contribution is -0.136. The number of aryl methyl sites for hydroxylation is 1. The second kappa shape index (κ2) is 6.33. The molecule has 5 nitrogen and oxygen atoms in total. The Labute approximate surface area is 125 Å². The summed E-state index contributed by atoms with van der Waals surface area (Å²) in [4.78, 5) is 26.3. The van der Waals surface area contributed by atoms with E-state index < -0.39 is 6.04 Å². The van der Waals surface area contributed by atoms with Gasteiger partial charge in [0.25, 0.3) is 0 Å². The van der Waals surface area contributed by atoms with Crippen LogP contribution in [-0.4, -0.2) is 29.3 Å². The van der Waals surface area contributed by atoms with Gasteiger partial charge in [-0.05, 0) is 38.3 Å². The zero-order chi connectivity index (χ0) is 15.6. The summed E-state index contributed by atoms with van der Waals surface area (Å²) in [6, 6.07) is 3.20. The molecule has 1 aromatic heterocycles. The minimum atomic E-state index is -0.432. The summed E-state index contributed by atoms with van der Waals surface area (Å²) >= 11 is 0. The molecule has 0 saturated carbocycles. The van der Waals surface area contributed by atoms with Gasteiger partial charge in [0, 0.05) is 13.0 Å². The fraction of sp³-hybridized carbons (Fsp3) is 0.625. The molecule has 21 heavy (non-hydrogen) atoms. The number of carbonyl (C=O) groups is 2. The van der Waals surface area contributed by atoms with E-state index in [1.807, 2.05) is 39.8 Å². The molecule has 116 valence electrons. The van der Waals surface area contributed by atoms with E-state index in [0.717, 1.165) is 11.5 Å². The number of carbonyl (C=O) groups excluding carboxylic acids is 2. The van der Waals surface area contributed by atoms with Gasteiger partial charge in [-0.25, -0.2) is 0 Å². The highest BCUT2D eigenvalue weighted by molar-refractivity contribution is 5.90. The van der Waals surface area contributed by atoms with Crippen molar-refractivity contribution in [3.63, 3.8) is 0 Å². The Balaban J connectivity index is 2.20. The van der Waals surface area contributed by atoms with Gasteiger partial charge >= 0.3 is 0 Å². The molecule has 5 heteroatoms. The van der Waals surface area contributed by atoms with Gasteiger partial charge in [0.05, 0.1) is 6.04 Å². The summed E-state index contributed by atoms with van der Waals surface area (Å²) in [5, 5.41) is 2.84. The van der Waals surface area contributed by atoms with Crippen LogP contribution in [0.15, 0.2) is 16.5 Å². The van der Waals surface area contributed by atoms with Gasteiger partial charge in [-0.15, -0.1) is 0 Å². The van der Waals surface area contributed by atoms with Crippen LogP contribution in [-0.2, 0) is 9.59 Å². The van der Waals surface area contributed by atoms with Gasteiger partial charge in [0.1, 0.15) is 17.6 Å². The molecule has 2 heterocycles. The van der Waals surface area contributed by atoms with Gasteiger partial charge in [-0.1, -0.05) is 13.8 Å². The summed E-state index contributed by atoms with van der Waals surface area (Å²) in [6.07, 6.45) is 0.995. The third-order valence-electron chi connectivity index (χ3n) is 3.84. The Bertz CT molecular complexity index is 521. The predicted molar refractivity (Wildman–Crippen MR) is 79.6 cm³/mol. The molecular formula is C16H24N2O3. The minimum absolute atomic E-state index is 0.0175. The predicted octanol–water partition coefficient (Wildman–Crippen LogP) is 2.41. The molecule has 1 aliphatic rings. The first-order chi connectivity index (χ1) is 9.88. The van der Waals surface area contributed by atoms with Crippen molar-refractivity contribution in [1.82, 2.24) is 10.2 Å². The summed E-state index contributed by atoms with van der Waals surface area (Å²) in [7, 11) is 0. The van der Waals surface area contributed by atoms with Crippen LogP contribution >= 0.6 is 0 Å². The largest absolute Gasteiger partial charge is 0.464 e. The molecule has 2 amide bonds. The van der Waals surface area contributed by atoms with E-state index in [1.165, 1.54) is 0 Å². The van der Waals surface area contributed by atoms with Crippen molar-refractivity contribution >= 4 is 11.8 Å². The van der Waals surface area contributed by atoms with Crippen molar-refractivity contribution in [3.05, 3.63) is 23.7 Å². The fourth-order valence-electron chi connectivity index (χ4n) is 2.71. The van der Waals surface area contributed by atoms with E-state index in [1.54, 1.807) is 4.90 Å². The van der Waals surface area contributed by atoms with E-state index >= 15 is 0 Å². The molecule has 2 unspecified atom stereocenters. The van der Waals surface area contributed by atoms with E-state index in [2.05, 4.69) is 5.32 Å². The second-order valence-corrected chi connectivity index (χ2v) is 6.16. The van der Waals surface area contributed by atoms with Crippen LogP contribution in [0.25, 0.3) is 0 Å². The van der Waals surface area contributed by atoms with Crippen LogP contribution in [0.3, 0.4) is 0 Å². The molecule has 2 atom stereocenters. The maximum absolute atomic E-state index is 12.7. The van der Waals surface area contributed by atoms with Gasteiger partial charge < -0.3 is 14.6 Å². The van der Waals surface area contributed by atoms with E-state index in [0.29, 0.717) is 25.3 Å². The van der Waals surface area contributed by atoms with E-state index in [4.69, 9.17) is 4.42 Å². The summed E-state index contributed by atoms with van der Waals surface area (Å²) in [5.41, 5.74) is 0. The maximum atomic E-state index is 12.7. The molecule has 1 aliphatic heterocycles. The summed E-state index contributed by atoms with van der Waals surface area (Å²) < 4.78 is 5.63. The average molecular weight is 292 g/mol. The zero-order valence-corrected chi connectivity index (χ0v) is 13.2. The maximum Gasteiger partial charge on any atom is 0.245 e. The first-order valence-electron chi connectivity index (χ1n) is 7.54. The number of nitrogens with zero attached hydrogens (tertiary/aromatic N) is 1. The zero-order valence-electron chi connectivity index (χ0n) is 13.2. The molecule has 1 N–H and O–H groups in total. The molecule has 0 radical (unpaired) electrons. The Hall–Kier alpha value is -1.78. The number of amides is 2. The monoisotopic (exact) mass is 292 g/mol. The smallest absolute Gasteiger partial charge is 0.245 e. The Morgan fingerprint density at radius 2 is 2.05 bits per heavy atom. The van der Waals surface area contributed by atoms with Crippen LogP contribution in [0.1, 0.15) is 51.2 Å². The van der Waals surface area contributed by atoms with Crippen molar-refractivity contribution in [2.75, 3.05) is 6.54 Å². The minimum Gasteiger partial charge on any atom is -0.464 e. The van der Waals surface area contributed by atoms with Crippen molar-refractivity contribution < 1.29 is 14.0 Å². The highest BCUT2D eigenvalue weighted by atomic mass is 16.3. The highest BCUT2D eigenvalue weighted by Gasteiger charge is 2.33. The van der Waals surface area contributed by atoms with Crippen molar-refractivity contribution in [2.45, 2.75) is 52.6 Å². The molecule has 1 aromatic rings. The Morgan fingerprint density at radius 1 is 1.33 bits per heavy atom. The number of rotatable bonds is 4. The molecule has 0 bridgehead atoms. The van der Waals surface area contributed by atoms with Crippen LogP contribution in [0, 0.1) is 12.8 Å². The van der Waals surface area contributed by atoms with Crippen molar-refractivity contribution in [2.24, 2.45) is 5.92 Å². The quantitative estimate of drug-likeness (QED) is 0.927. The van der Waals surface area contributed by atoms with Gasteiger partial charge in [-0.3, -0.25) is 9.59 Å². The van der Waals surface area contributed by atoms with E-state index in [9.17, 15) is 9.59 Å². The fourth-order valence-corrected chi connectivity index (χ4v) is 2.71. The first kappa shape index (κ1) is 15.6. The molecule has 2 rings (SSSR count). The molecular weight excluding hydrogens is 268 g/mol. The van der Waals surface area contributed by atoms with Crippen molar-refractivity contribution in [3.8, 4) is 0 Å². The van der Waals surface area contributed by atoms with Gasteiger partial charge in [0.15, 0.2) is 0 Å². The van der Waals surface area contributed by atoms with Crippen LogP contribution < -0.4 is 5.32 Å². The molecule has 0 aromatic carbocycles. The van der Waals surface area contributed by atoms with Crippen LogP contribution in [0.4, 0.5) is 0 Å². The third-order valence-corrected chi connectivity index (χ3v) is 3.84. The summed E-state index contributed by atoms with van der Waals surface area (Å²) in [6.45, 7) is 8.35. The number of nitrogens with one attached hydrogen (secondary N) is 1. The normalized spacial score (nSPS) is 21.4. The van der Waals surface area contributed by atoms with Crippen LogP contribution in [0.2, 0.25) is 0 Å². The molecule has 0 spiro atoms. The van der Waals surface area contributed by atoms with Gasteiger partial charge in [0.2, 0.25) is 11.8 Å². The van der Waals surface area contributed by atoms with Crippen molar-refractivity contribution in [1.29, 1.82) is 0 Å². The topological polar surface area (TPSA) is 62.6 Å². The number of hydrogen-bond acceptors (Lipinski definition) is 3. The summed E-state index contributed by atoms with van der Waals surface area (Å²) in [5.74, 6) is 1.86. The SMILES string of the molecule is Cc1ccc(C(C)N2CCC(=O)NC(CC(C)C)C2=O)o1. The average Bonchev–Trinajstić information content (AvgIpc) is 2.78. The standard InChI is InChI=1S/C16H24N2O3/c1-10(2)9-13-16(20)18(8-7-15(19)17-13)12(4)14-6-5-11(3)21-14/h5-6,10,12-13H,7-9H2,1-4H3,(H,17,19). The second-order valence-electron chi connectivity index (χ2n) is 6.16. The molecule has 1 fully saturated rings.